The number of sulfonamides is 1. The third-order valence-electron chi connectivity index (χ3n) is 7.41. The fourth-order valence-electron chi connectivity index (χ4n) is 4.95. The number of halogens is 6. The summed E-state index contributed by atoms with van der Waals surface area (Å²) < 4.78 is 136. The van der Waals surface area contributed by atoms with Crippen molar-refractivity contribution in [3.63, 3.8) is 0 Å². The number of carbonyl (C=O) groups excluding carboxylic acids is 2. The van der Waals surface area contributed by atoms with E-state index < -0.39 is 62.7 Å². The second-order valence-electron chi connectivity index (χ2n) is 11.1. The lowest BCUT2D eigenvalue weighted by Crippen LogP contribution is -2.42. The zero-order valence-electron chi connectivity index (χ0n) is 26.1. The number of ether oxygens (including phenoxy) is 1. The van der Waals surface area contributed by atoms with Gasteiger partial charge in [0.2, 0.25) is 10.0 Å². The molecule has 0 saturated carbocycles. The van der Waals surface area contributed by atoms with Crippen molar-refractivity contribution in [1.82, 2.24) is 14.7 Å². The molecule has 1 heterocycles. The van der Waals surface area contributed by atoms with E-state index in [9.17, 15) is 52.8 Å². The lowest BCUT2D eigenvalue weighted by atomic mass is 10.1. The summed E-state index contributed by atoms with van der Waals surface area (Å²) in [6.45, 7) is -1.41. The minimum atomic E-state index is -5.53. The van der Waals surface area contributed by atoms with Crippen molar-refractivity contribution in [3.8, 4) is 11.1 Å². The van der Waals surface area contributed by atoms with Gasteiger partial charge in [-0.3, -0.25) is 0 Å². The monoisotopic (exact) mass is 769 g/mol. The highest BCUT2D eigenvalue weighted by molar-refractivity contribution is 7.90. The van der Waals surface area contributed by atoms with E-state index in [1.807, 2.05) is 30.3 Å². The number of anilines is 1. The molecule has 4 aromatic carbocycles. The second-order valence-corrected chi connectivity index (χ2v) is 14.3. The van der Waals surface area contributed by atoms with E-state index in [2.05, 4.69) is 19.4 Å². The molecule has 0 aliphatic carbocycles. The van der Waals surface area contributed by atoms with Crippen molar-refractivity contribution in [2.24, 2.45) is 5.14 Å². The van der Waals surface area contributed by atoms with Gasteiger partial charge >= 0.3 is 24.3 Å². The summed E-state index contributed by atoms with van der Waals surface area (Å²) in [4.78, 5) is 29.8. The maximum Gasteiger partial charge on any atom is 0.491 e. The number of nitrogens with one attached hydrogen (secondary N) is 2. The van der Waals surface area contributed by atoms with E-state index >= 15 is 0 Å². The fourth-order valence-corrected chi connectivity index (χ4v) is 6.85. The van der Waals surface area contributed by atoms with Crippen LogP contribution in [0.3, 0.4) is 0 Å². The molecule has 1 unspecified atom stereocenters. The molecule has 0 fully saturated rings. The smallest absolute Gasteiger partial charge is 0.385 e. The Morgan fingerprint density at radius 1 is 0.846 bits per heavy atom. The topological polar surface area (TPSA) is 182 Å². The number of aromatic nitrogens is 2. The number of aromatic amines is 1. The Balaban J connectivity index is 1.45. The van der Waals surface area contributed by atoms with E-state index in [1.54, 1.807) is 12.1 Å². The molecule has 0 amide bonds. The van der Waals surface area contributed by atoms with Crippen LogP contribution in [-0.4, -0.2) is 51.5 Å². The number of hydrogen-bond donors (Lipinski definition) is 3. The molecule has 0 aliphatic rings. The van der Waals surface area contributed by atoms with Gasteiger partial charge in [-0.25, -0.2) is 37.2 Å². The highest BCUT2D eigenvalue weighted by atomic mass is 32.2. The second kappa shape index (κ2) is 14.4. The van der Waals surface area contributed by atoms with Crippen LogP contribution in [0.15, 0.2) is 102 Å². The zero-order valence-corrected chi connectivity index (χ0v) is 27.8. The Morgan fingerprint density at radius 3 is 2.04 bits per heavy atom. The summed E-state index contributed by atoms with van der Waals surface area (Å²) in [5, 5.41) is 5.14. The van der Waals surface area contributed by atoms with Gasteiger partial charge in [-0.2, -0.15) is 34.8 Å². The number of benzene rings is 4. The first-order chi connectivity index (χ1) is 24.2. The molecule has 5 rings (SSSR count). The van der Waals surface area contributed by atoms with Crippen molar-refractivity contribution in [2.75, 3.05) is 10.8 Å². The molecule has 0 aliphatic heterocycles. The summed E-state index contributed by atoms with van der Waals surface area (Å²) >= 11 is 0. The van der Waals surface area contributed by atoms with Gasteiger partial charge in [-0.15, -0.1) is 0 Å². The Hall–Kier alpha value is -5.31. The molecule has 0 radical (unpaired) electrons. The van der Waals surface area contributed by atoms with E-state index in [0.29, 0.717) is 0 Å². The fraction of sp³-hybridized carbons (Fsp3) is 0.156. The van der Waals surface area contributed by atoms with Gasteiger partial charge in [0, 0.05) is 0 Å². The minimum Gasteiger partial charge on any atom is -0.385 e. The van der Waals surface area contributed by atoms with Crippen LogP contribution in [0.25, 0.3) is 22.2 Å². The number of nitrogens with zero attached hydrogens (tertiary/aromatic N) is 2. The molecule has 1 aromatic heterocycles. The average Bonchev–Trinajstić information content (AvgIpc) is 3.50. The number of rotatable bonds is 11. The van der Waals surface area contributed by atoms with Crippen LogP contribution in [-0.2, 0) is 47.2 Å². The largest absolute Gasteiger partial charge is 0.491 e. The van der Waals surface area contributed by atoms with Gasteiger partial charge in [-0.05, 0) is 65.6 Å². The molecular weight excluding hydrogens is 745 g/mol. The Labute approximate surface area is 291 Å². The van der Waals surface area contributed by atoms with Crippen LogP contribution >= 0.6 is 0 Å². The number of H-pyrrole nitrogens is 1. The van der Waals surface area contributed by atoms with Crippen LogP contribution in [0.1, 0.15) is 23.0 Å². The Bertz CT molecular complexity index is 2320. The number of imidazole rings is 1. The van der Waals surface area contributed by atoms with Crippen LogP contribution in [0.5, 0.6) is 0 Å². The summed E-state index contributed by atoms with van der Waals surface area (Å²) in [5.74, 6) is -4.83. The third-order valence-corrected chi connectivity index (χ3v) is 9.85. The number of hydrogen-bond acceptors (Lipinski definition) is 8. The first-order valence-corrected chi connectivity index (χ1v) is 17.7. The van der Waals surface area contributed by atoms with Crippen LogP contribution in [0.2, 0.25) is 0 Å². The minimum absolute atomic E-state index is 0.0451. The zero-order chi connectivity index (χ0) is 38.1. The van der Waals surface area contributed by atoms with Gasteiger partial charge < -0.3 is 9.72 Å². The standard InChI is InChI=1S/C32H25F6N5O7S2/c33-31(34,35)22-10-15-25-26(17-22)41-29(40-25)27(42-51(46,47)24-13-8-21(9-14-24)20-4-2-1-3-5-20)16-19-6-11-23(12-7-19)43(52(39,48)49)18-28(44)50-30(45)32(36,37)38/h1-15,17,27,42H,16,18H2,(H,40,41)(H2,39,48,49). The molecule has 0 spiro atoms. The number of carbonyl (C=O) groups is 2. The molecule has 1 atom stereocenters. The van der Waals surface area contributed by atoms with Crippen molar-refractivity contribution < 1.29 is 57.5 Å². The Kier molecular flexibility index (Phi) is 10.5. The average molecular weight is 770 g/mol. The predicted molar refractivity (Wildman–Crippen MR) is 174 cm³/mol. The third kappa shape index (κ3) is 9.12. The summed E-state index contributed by atoms with van der Waals surface area (Å²) in [7, 11) is -9.14. The van der Waals surface area contributed by atoms with Crippen molar-refractivity contribution >= 4 is 48.9 Å². The molecule has 12 nitrogen and oxygen atoms in total. The van der Waals surface area contributed by atoms with Gasteiger partial charge in [0.1, 0.15) is 12.4 Å². The molecule has 5 aromatic rings. The van der Waals surface area contributed by atoms with E-state index in [4.69, 9.17) is 5.14 Å². The maximum absolute atomic E-state index is 13.6. The lowest BCUT2D eigenvalue weighted by Gasteiger charge is -2.21. The summed E-state index contributed by atoms with van der Waals surface area (Å²) in [6.07, 6.45) is -10.4. The number of fused-ring (bicyclic) bond motifs is 1. The first-order valence-electron chi connectivity index (χ1n) is 14.7. The quantitative estimate of drug-likeness (QED) is 0.0937. The predicted octanol–water partition coefficient (Wildman–Crippen LogP) is 5.15. The number of alkyl halides is 6. The first kappa shape index (κ1) is 37.9. The Morgan fingerprint density at radius 2 is 1.46 bits per heavy atom. The van der Waals surface area contributed by atoms with Gasteiger partial charge in [0.15, 0.2) is 0 Å². The van der Waals surface area contributed by atoms with E-state index in [0.717, 1.165) is 41.5 Å². The van der Waals surface area contributed by atoms with Crippen LogP contribution in [0.4, 0.5) is 32.0 Å². The maximum atomic E-state index is 13.6. The highest BCUT2D eigenvalue weighted by Gasteiger charge is 2.43. The molecule has 0 bridgehead atoms. The van der Waals surface area contributed by atoms with Crippen LogP contribution < -0.4 is 14.2 Å². The molecule has 20 heteroatoms. The number of nitrogens with two attached hydrogens (primary N) is 1. The van der Waals surface area contributed by atoms with Gasteiger partial charge in [0.25, 0.3) is 10.2 Å². The summed E-state index contributed by atoms with van der Waals surface area (Å²) in [6, 6.07) is 21.2. The van der Waals surface area contributed by atoms with Gasteiger partial charge in [-0.1, -0.05) is 54.6 Å². The molecule has 0 saturated heterocycles. The van der Waals surface area contributed by atoms with Crippen molar-refractivity contribution in [2.45, 2.75) is 29.7 Å². The molecular formula is C32H25F6N5O7S2. The normalized spacial score (nSPS) is 13.1. The highest BCUT2D eigenvalue weighted by Crippen LogP contribution is 2.32. The SMILES string of the molecule is NS(=O)(=O)N(CC(=O)OC(=O)C(F)(F)F)c1ccc(CC(NS(=O)(=O)c2ccc(-c3ccccc3)cc2)c2nc3ccc(C(F)(F)F)cc3[nH]2)cc1. The van der Waals surface area contributed by atoms with Crippen LogP contribution in [0, 0.1) is 0 Å². The molecule has 52 heavy (non-hydrogen) atoms. The number of esters is 2. The van der Waals surface area contributed by atoms with E-state index in [-0.39, 0.29) is 43.7 Å². The van der Waals surface area contributed by atoms with E-state index in [1.165, 1.54) is 24.3 Å². The van der Waals surface area contributed by atoms with Crippen molar-refractivity contribution in [1.29, 1.82) is 0 Å². The summed E-state index contributed by atoms with van der Waals surface area (Å²) in [5.41, 5.74) is 0.563. The molecule has 4 N–H and O–H groups in total. The van der Waals surface area contributed by atoms with Gasteiger partial charge in [0.05, 0.1) is 33.2 Å². The lowest BCUT2D eigenvalue weighted by molar-refractivity contribution is -0.201. The molecule has 274 valence electrons. The van der Waals surface area contributed by atoms with Crippen molar-refractivity contribution in [3.05, 3.63) is 114 Å².